The van der Waals surface area contributed by atoms with Gasteiger partial charge in [0.25, 0.3) is 0 Å². The van der Waals surface area contributed by atoms with Gasteiger partial charge in [-0.15, -0.1) is 0 Å². The van der Waals surface area contributed by atoms with E-state index in [2.05, 4.69) is 21.3 Å². The summed E-state index contributed by atoms with van der Waals surface area (Å²) in [6.07, 6.45) is 2.92. The van der Waals surface area contributed by atoms with Gasteiger partial charge in [-0.2, -0.15) is 5.10 Å². The Morgan fingerprint density at radius 3 is 2.47 bits per heavy atom. The van der Waals surface area contributed by atoms with E-state index in [0.29, 0.717) is 12.8 Å². The second-order valence-corrected chi connectivity index (χ2v) is 8.64. The van der Waals surface area contributed by atoms with Gasteiger partial charge in [0.2, 0.25) is 5.91 Å². The van der Waals surface area contributed by atoms with Crippen molar-refractivity contribution in [3.05, 3.63) is 78.1 Å². The largest absolute Gasteiger partial charge is 0.479 e. The Bertz CT molecular complexity index is 1120. The predicted molar refractivity (Wildman–Crippen MR) is 126 cm³/mol. The lowest BCUT2D eigenvalue weighted by molar-refractivity contribution is -0.147. The Balaban J connectivity index is 1.41. The van der Waals surface area contributed by atoms with Crippen molar-refractivity contribution in [3.63, 3.8) is 0 Å². The average Bonchev–Trinajstić information content (AvgIpc) is 3.49. The van der Waals surface area contributed by atoms with Gasteiger partial charge in [0.15, 0.2) is 6.10 Å². The smallest absolute Gasteiger partial charge is 0.332 e. The summed E-state index contributed by atoms with van der Waals surface area (Å²) in [6, 6.07) is 16.8. The number of carbonyl (C=O) groups is 2. The third kappa shape index (κ3) is 5.88. The maximum atomic E-state index is 13.0. The van der Waals surface area contributed by atoms with Gasteiger partial charge in [0, 0.05) is 31.3 Å². The van der Waals surface area contributed by atoms with Gasteiger partial charge in [0.1, 0.15) is 6.04 Å². The summed E-state index contributed by atoms with van der Waals surface area (Å²) in [5.74, 6) is -1.56. The Kier molecular flexibility index (Phi) is 7.36. The third-order valence-electron chi connectivity index (χ3n) is 6.03. The predicted octanol–water partition coefficient (Wildman–Crippen LogP) is 1.56. The number of carboxylic acids is 1. The Labute approximate surface area is 197 Å². The molecule has 0 spiro atoms. The van der Waals surface area contributed by atoms with Crippen LogP contribution in [-0.4, -0.2) is 50.1 Å². The van der Waals surface area contributed by atoms with E-state index in [1.54, 1.807) is 10.9 Å². The molecule has 0 aliphatic carbocycles. The number of aliphatic carboxylic acids is 1. The van der Waals surface area contributed by atoms with Crippen LogP contribution in [-0.2, 0) is 23.1 Å². The van der Waals surface area contributed by atoms with E-state index in [4.69, 9.17) is 0 Å². The molecule has 0 bridgehead atoms. The molecule has 9 heteroatoms. The minimum atomic E-state index is -1.56. The summed E-state index contributed by atoms with van der Waals surface area (Å²) < 4.78 is 1.71. The summed E-state index contributed by atoms with van der Waals surface area (Å²) >= 11 is 0. The highest BCUT2D eigenvalue weighted by Crippen LogP contribution is 2.23. The highest BCUT2D eigenvalue weighted by Gasteiger charge is 2.32. The number of rotatable bonds is 9. The van der Waals surface area contributed by atoms with E-state index in [-0.39, 0.29) is 18.4 Å². The van der Waals surface area contributed by atoms with Gasteiger partial charge < -0.3 is 15.5 Å². The zero-order valence-electron chi connectivity index (χ0n) is 18.9. The number of hydrogen-bond donors (Lipinski definition) is 5. The molecule has 1 amide bonds. The molecule has 178 valence electrons. The summed E-state index contributed by atoms with van der Waals surface area (Å²) in [4.78, 5) is 24.2. The number of carboxylic acid groups (broad SMARTS) is 1. The topological polar surface area (TPSA) is 129 Å². The lowest BCUT2D eigenvalue weighted by atomic mass is 9.97. The van der Waals surface area contributed by atoms with E-state index < -0.39 is 24.2 Å². The molecule has 0 saturated carbocycles. The fourth-order valence-corrected chi connectivity index (χ4v) is 4.18. The van der Waals surface area contributed by atoms with Crippen LogP contribution in [0.25, 0.3) is 11.1 Å². The molecule has 1 saturated heterocycles. The molecule has 1 aromatic heterocycles. The minimum absolute atomic E-state index is 0.0574. The van der Waals surface area contributed by atoms with Crippen LogP contribution in [0, 0.1) is 0 Å². The minimum Gasteiger partial charge on any atom is -0.479 e. The van der Waals surface area contributed by atoms with Crippen LogP contribution in [0.5, 0.6) is 0 Å². The Hall–Kier alpha value is -3.53. The van der Waals surface area contributed by atoms with Gasteiger partial charge in [-0.25, -0.2) is 15.6 Å². The number of nitrogens with one attached hydrogen (secondary N) is 3. The number of aryl methyl sites for hydroxylation is 1. The van der Waals surface area contributed by atoms with Gasteiger partial charge in [0.05, 0.1) is 12.2 Å². The number of carbonyl (C=O) groups excluding carboxylic acids is 1. The molecule has 0 radical (unpaired) electrons. The number of aliphatic hydroxyl groups is 1. The van der Waals surface area contributed by atoms with Crippen molar-refractivity contribution in [2.45, 2.75) is 43.5 Å². The number of hydrogen-bond acceptors (Lipinski definition) is 6. The first-order valence-electron chi connectivity index (χ1n) is 11.2. The van der Waals surface area contributed by atoms with Crippen LogP contribution in [0.4, 0.5) is 0 Å². The van der Waals surface area contributed by atoms with Crippen molar-refractivity contribution in [1.29, 1.82) is 0 Å². The van der Waals surface area contributed by atoms with Crippen LogP contribution in [0.15, 0.2) is 67.0 Å². The number of hydrazine groups is 1. The first-order valence-corrected chi connectivity index (χ1v) is 11.2. The molecule has 1 aliphatic rings. The first-order chi connectivity index (χ1) is 16.4. The maximum absolute atomic E-state index is 13.0. The summed E-state index contributed by atoms with van der Waals surface area (Å²) in [5, 5.41) is 26.2. The van der Waals surface area contributed by atoms with Crippen molar-refractivity contribution in [1.82, 2.24) is 25.9 Å². The molecule has 5 N–H and O–H groups in total. The van der Waals surface area contributed by atoms with E-state index >= 15 is 0 Å². The molecule has 4 rings (SSSR count). The van der Waals surface area contributed by atoms with Crippen molar-refractivity contribution in [2.75, 3.05) is 0 Å². The molecule has 9 nitrogen and oxygen atoms in total. The Morgan fingerprint density at radius 2 is 1.82 bits per heavy atom. The second kappa shape index (κ2) is 10.6. The Morgan fingerprint density at radius 1 is 1.12 bits per heavy atom. The number of nitrogens with zero attached hydrogens (tertiary/aromatic N) is 2. The lowest BCUT2D eigenvalue weighted by Gasteiger charge is -2.22. The number of benzene rings is 2. The monoisotopic (exact) mass is 463 g/mol. The van der Waals surface area contributed by atoms with Crippen LogP contribution < -0.4 is 16.2 Å². The summed E-state index contributed by atoms with van der Waals surface area (Å²) in [5.41, 5.74) is 10.2. The molecule has 1 aliphatic heterocycles. The van der Waals surface area contributed by atoms with Gasteiger partial charge in [-0.1, -0.05) is 54.6 Å². The fraction of sp³-hybridized carbons (Fsp3) is 0.320. The summed E-state index contributed by atoms with van der Waals surface area (Å²) in [6.45, 7) is 0. The fourth-order valence-electron chi connectivity index (χ4n) is 4.18. The van der Waals surface area contributed by atoms with Crippen molar-refractivity contribution < 1.29 is 19.8 Å². The molecule has 1 fully saturated rings. The van der Waals surface area contributed by atoms with E-state index in [1.807, 2.05) is 67.8 Å². The van der Waals surface area contributed by atoms with Crippen molar-refractivity contribution in [3.8, 4) is 11.1 Å². The van der Waals surface area contributed by atoms with Gasteiger partial charge in [-0.3, -0.25) is 9.48 Å². The molecular weight excluding hydrogens is 434 g/mol. The first kappa shape index (κ1) is 23.6. The SMILES string of the molecule is Cn1cc(C2CC(C(=O)NC(Cc3ccc(-c4ccccc4)cc3)C[C@@H](O)C(=O)O)NN2)cn1. The van der Waals surface area contributed by atoms with Gasteiger partial charge in [-0.05, 0) is 29.5 Å². The van der Waals surface area contributed by atoms with Crippen LogP contribution in [0.1, 0.15) is 30.0 Å². The van der Waals surface area contributed by atoms with E-state index in [1.165, 1.54) is 0 Å². The number of aliphatic hydroxyl groups excluding tert-OH is 1. The third-order valence-corrected chi connectivity index (χ3v) is 6.03. The standard InChI is InChI=1S/C25H29N5O4/c1-30-15-19(14-26-30)21-13-22(29-28-21)24(32)27-20(12-23(31)25(33)34)11-16-7-9-18(10-8-16)17-5-3-2-4-6-17/h2-10,14-15,20-23,28-29,31H,11-13H2,1H3,(H,27,32)(H,33,34)/t20?,21?,22?,23-/m1/s1. The van der Waals surface area contributed by atoms with Crippen LogP contribution in [0.2, 0.25) is 0 Å². The lowest BCUT2D eigenvalue weighted by Crippen LogP contribution is -2.48. The highest BCUT2D eigenvalue weighted by molar-refractivity contribution is 5.82. The molecule has 2 aromatic carbocycles. The molecular formula is C25H29N5O4. The average molecular weight is 464 g/mol. The molecule has 34 heavy (non-hydrogen) atoms. The number of amides is 1. The molecule has 3 aromatic rings. The molecule has 4 atom stereocenters. The molecule has 3 unspecified atom stereocenters. The second-order valence-electron chi connectivity index (χ2n) is 8.64. The normalized spacial score (nSPS) is 19.5. The zero-order chi connectivity index (χ0) is 24.1. The van der Waals surface area contributed by atoms with E-state index in [9.17, 15) is 19.8 Å². The highest BCUT2D eigenvalue weighted by atomic mass is 16.4. The molecule has 2 heterocycles. The van der Waals surface area contributed by atoms with Crippen molar-refractivity contribution in [2.24, 2.45) is 7.05 Å². The van der Waals surface area contributed by atoms with Crippen molar-refractivity contribution >= 4 is 11.9 Å². The quantitative estimate of drug-likeness (QED) is 0.326. The zero-order valence-corrected chi connectivity index (χ0v) is 18.9. The number of aromatic nitrogens is 2. The summed E-state index contributed by atoms with van der Waals surface area (Å²) in [7, 11) is 1.83. The van der Waals surface area contributed by atoms with Crippen LogP contribution >= 0.6 is 0 Å². The van der Waals surface area contributed by atoms with E-state index in [0.717, 1.165) is 22.3 Å². The van der Waals surface area contributed by atoms with Gasteiger partial charge >= 0.3 is 5.97 Å². The van der Waals surface area contributed by atoms with Crippen LogP contribution in [0.3, 0.4) is 0 Å². The maximum Gasteiger partial charge on any atom is 0.332 e.